The Labute approximate surface area is 160 Å². The molecule has 4 amide bonds. The zero-order valence-electron chi connectivity index (χ0n) is 16.2. The second kappa shape index (κ2) is 9.82. The van der Waals surface area contributed by atoms with E-state index < -0.39 is 17.9 Å². The van der Waals surface area contributed by atoms with Gasteiger partial charge in [-0.05, 0) is 25.2 Å². The lowest BCUT2D eigenvalue weighted by Gasteiger charge is -2.30. The maximum atomic E-state index is 13.1. The average molecular weight is 381 g/mol. The molecule has 0 bridgehead atoms. The fraction of sp³-hybridized carbons (Fsp3) is 0.789. The number of hydrogen-bond acceptors (Lipinski definition) is 5. The fourth-order valence-corrected chi connectivity index (χ4v) is 4.06. The van der Waals surface area contributed by atoms with Crippen molar-refractivity contribution < 1.29 is 24.4 Å². The summed E-state index contributed by atoms with van der Waals surface area (Å²) < 4.78 is 0. The predicted octanol–water partition coefficient (Wildman–Crippen LogP) is 1.32. The van der Waals surface area contributed by atoms with Crippen LogP contribution >= 0.6 is 0 Å². The van der Waals surface area contributed by atoms with Crippen LogP contribution in [-0.2, 0) is 19.2 Å². The van der Waals surface area contributed by atoms with Crippen LogP contribution in [0.3, 0.4) is 0 Å². The molecule has 2 aliphatic rings. The van der Waals surface area contributed by atoms with Crippen molar-refractivity contribution in [3.8, 4) is 0 Å². The second-order valence-corrected chi connectivity index (χ2v) is 8.01. The zero-order valence-corrected chi connectivity index (χ0v) is 16.2. The molecule has 152 valence electrons. The Morgan fingerprint density at radius 2 is 1.85 bits per heavy atom. The third-order valence-corrected chi connectivity index (χ3v) is 5.58. The van der Waals surface area contributed by atoms with Crippen molar-refractivity contribution in [2.75, 3.05) is 13.1 Å². The molecule has 2 N–H and O–H groups in total. The Morgan fingerprint density at radius 3 is 2.44 bits per heavy atom. The van der Waals surface area contributed by atoms with Gasteiger partial charge in [-0.25, -0.2) is 5.06 Å². The number of hydrogen-bond donors (Lipinski definition) is 2. The van der Waals surface area contributed by atoms with Gasteiger partial charge in [0, 0.05) is 12.5 Å². The molecule has 8 nitrogen and oxygen atoms in total. The first-order chi connectivity index (χ1) is 12.8. The third-order valence-electron chi connectivity index (χ3n) is 5.58. The quantitative estimate of drug-likeness (QED) is 0.375. The highest BCUT2D eigenvalue weighted by Crippen LogP contribution is 2.32. The summed E-state index contributed by atoms with van der Waals surface area (Å²) in [5.74, 6) is -1.49. The number of hydroxylamine groups is 2. The average Bonchev–Trinajstić information content (AvgIpc) is 3.31. The third kappa shape index (κ3) is 5.76. The van der Waals surface area contributed by atoms with Crippen molar-refractivity contribution in [3.05, 3.63) is 0 Å². The standard InChI is InChI=1S/C19H31N3O5/c1-13(2)17(24)20-18(25)16-8-5-9-22(16)19(26)15(11-21(27)12-23)10-14-6-3-4-7-14/h12-16,27H,3-11H2,1-2H3,(H,20,24,25)/t15-,16+/m1/s1. The van der Waals surface area contributed by atoms with Gasteiger partial charge in [0.15, 0.2) is 0 Å². The van der Waals surface area contributed by atoms with Gasteiger partial charge in [0.2, 0.25) is 24.1 Å². The van der Waals surface area contributed by atoms with Crippen molar-refractivity contribution in [2.45, 2.75) is 64.8 Å². The van der Waals surface area contributed by atoms with Crippen LogP contribution in [0.5, 0.6) is 0 Å². The lowest BCUT2D eigenvalue weighted by atomic mass is 9.91. The Bertz CT molecular complexity index is 560. The number of likely N-dealkylation sites (tertiary alicyclic amines) is 1. The molecule has 2 atom stereocenters. The van der Waals surface area contributed by atoms with Crippen molar-refractivity contribution in [1.29, 1.82) is 0 Å². The molecule has 0 spiro atoms. The normalized spacial score (nSPS) is 21.3. The lowest BCUT2D eigenvalue weighted by Crippen LogP contribution is -2.51. The molecule has 0 unspecified atom stereocenters. The van der Waals surface area contributed by atoms with Crippen LogP contribution in [0.2, 0.25) is 0 Å². The molecule has 0 aromatic rings. The molecule has 1 saturated carbocycles. The number of nitrogens with one attached hydrogen (secondary N) is 1. The van der Waals surface area contributed by atoms with Gasteiger partial charge in [-0.2, -0.15) is 0 Å². The van der Waals surface area contributed by atoms with E-state index in [4.69, 9.17) is 0 Å². The van der Waals surface area contributed by atoms with Crippen LogP contribution in [0.4, 0.5) is 0 Å². The van der Waals surface area contributed by atoms with Gasteiger partial charge in [0.05, 0.1) is 12.5 Å². The summed E-state index contributed by atoms with van der Waals surface area (Å²) >= 11 is 0. The molecule has 1 saturated heterocycles. The van der Waals surface area contributed by atoms with Gasteiger partial charge in [0.25, 0.3) is 0 Å². The Morgan fingerprint density at radius 1 is 1.19 bits per heavy atom. The number of carbonyl (C=O) groups is 4. The summed E-state index contributed by atoms with van der Waals surface area (Å²) in [7, 11) is 0. The Hall–Kier alpha value is -1.96. The Kier molecular flexibility index (Phi) is 7.77. The molecule has 0 radical (unpaired) electrons. The first-order valence-electron chi connectivity index (χ1n) is 9.89. The summed E-state index contributed by atoms with van der Waals surface area (Å²) in [5, 5.41) is 12.5. The van der Waals surface area contributed by atoms with E-state index in [9.17, 15) is 24.4 Å². The number of rotatable bonds is 8. The fourth-order valence-electron chi connectivity index (χ4n) is 4.06. The molecule has 0 aromatic heterocycles. The molecule has 1 aliphatic carbocycles. The molecule has 2 fully saturated rings. The van der Waals surface area contributed by atoms with E-state index in [0.717, 1.165) is 25.7 Å². The van der Waals surface area contributed by atoms with Gasteiger partial charge in [-0.15, -0.1) is 0 Å². The predicted molar refractivity (Wildman–Crippen MR) is 97.3 cm³/mol. The van der Waals surface area contributed by atoms with E-state index in [1.165, 1.54) is 4.90 Å². The van der Waals surface area contributed by atoms with Crippen LogP contribution in [0.1, 0.15) is 58.8 Å². The molecule has 8 heteroatoms. The minimum absolute atomic E-state index is 0.0748. The van der Waals surface area contributed by atoms with E-state index >= 15 is 0 Å². The van der Waals surface area contributed by atoms with Gasteiger partial charge in [-0.3, -0.25) is 29.7 Å². The minimum Gasteiger partial charge on any atom is -0.330 e. The highest BCUT2D eigenvalue weighted by molar-refractivity contribution is 6.00. The smallest absolute Gasteiger partial charge is 0.249 e. The van der Waals surface area contributed by atoms with Crippen molar-refractivity contribution in [3.63, 3.8) is 0 Å². The van der Waals surface area contributed by atoms with Gasteiger partial charge < -0.3 is 4.90 Å². The van der Waals surface area contributed by atoms with E-state index in [0.29, 0.717) is 43.2 Å². The SMILES string of the molecule is CC(C)C(=O)NC(=O)[C@@H]1CCCN1C(=O)[C@H](CC1CCCC1)CN(O)C=O. The summed E-state index contributed by atoms with van der Waals surface area (Å²) in [6.07, 6.45) is 6.44. The molecule has 2 rings (SSSR count). The van der Waals surface area contributed by atoms with Crippen LogP contribution < -0.4 is 5.32 Å². The van der Waals surface area contributed by atoms with E-state index in [1.807, 2.05) is 0 Å². The van der Waals surface area contributed by atoms with Gasteiger partial charge in [-0.1, -0.05) is 39.5 Å². The van der Waals surface area contributed by atoms with Gasteiger partial charge in [0.1, 0.15) is 6.04 Å². The molecule has 0 aromatic carbocycles. The summed E-state index contributed by atoms with van der Waals surface area (Å²) in [4.78, 5) is 49.8. The number of nitrogens with zero attached hydrogens (tertiary/aromatic N) is 2. The molecular weight excluding hydrogens is 350 g/mol. The topological polar surface area (TPSA) is 107 Å². The van der Waals surface area contributed by atoms with E-state index in [2.05, 4.69) is 5.32 Å². The van der Waals surface area contributed by atoms with E-state index in [1.54, 1.807) is 13.8 Å². The molecule has 27 heavy (non-hydrogen) atoms. The lowest BCUT2D eigenvalue weighted by molar-refractivity contribution is -0.158. The monoisotopic (exact) mass is 381 g/mol. The van der Waals surface area contributed by atoms with Crippen LogP contribution in [-0.4, -0.2) is 58.4 Å². The number of imide groups is 1. The van der Waals surface area contributed by atoms with Crippen molar-refractivity contribution in [1.82, 2.24) is 15.3 Å². The maximum Gasteiger partial charge on any atom is 0.249 e. The molecule has 1 heterocycles. The van der Waals surface area contributed by atoms with Crippen molar-refractivity contribution in [2.24, 2.45) is 17.8 Å². The maximum absolute atomic E-state index is 13.1. The van der Waals surface area contributed by atoms with Crippen LogP contribution in [0.15, 0.2) is 0 Å². The zero-order chi connectivity index (χ0) is 20.0. The highest BCUT2D eigenvalue weighted by Gasteiger charge is 2.39. The largest absolute Gasteiger partial charge is 0.330 e. The summed E-state index contributed by atoms with van der Waals surface area (Å²) in [5.41, 5.74) is 0. The minimum atomic E-state index is -0.672. The van der Waals surface area contributed by atoms with Crippen molar-refractivity contribution >= 4 is 24.1 Å². The number of amides is 4. The second-order valence-electron chi connectivity index (χ2n) is 8.01. The highest BCUT2D eigenvalue weighted by atomic mass is 16.5. The van der Waals surface area contributed by atoms with Crippen LogP contribution in [0.25, 0.3) is 0 Å². The first-order valence-corrected chi connectivity index (χ1v) is 9.89. The van der Waals surface area contributed by atoms with Crippen LogP contribution in [0, 0.1) is 17.8 Å². The number of carbonyl (C=O) groups excluding carboxylic acids is 4. The Balaban J connectivity index is 2.07. The first kappa shape index (κ1) is 21.3. The molecule has 1 aliphatic heterocycles. The summed E-state index contributed by atoms with van der Waals surface area (Å²) in [6, 6.07) is -0.672. The van der Waals surface area contributed by atoms with E-state index in [-0.39, 0.29) is 24.3 Å². The van der Waals surface area contributed by atoms with Gasteiger partial charge >= 0.3 is 0 Å². The summed E-state index contributed by atoms with van der Waals surface area (Å²) in [6.45, 7) is 3.77. The molecular formula is C19H31N3O5.